The van der Waals surface area contributed by atoms with E-state index in [9.17, 15) is 0 Å². The summed E-state index contributed by atoms with van der Waals surface area (Å²) in [5.41, 5.74) is 2.26. The van der Waals surface area contributed by atoms with Crippen LogP contribution in [0.25, 0.3) is 0 Å². The summed E-state index contributed by atoms with van der Waals surface area (Å²) in [6.45, 7) is 12.9. The Labute approximate surface area is 107 Å². The Morgan fingerprint density at radius 1 is 1.59 bits per heavy atom. The second-order valence-corrected chi connectivity index (χ2v) is 5.10. The van der Waals surface area contributed by atoms with Gasteiger partial charge in [0.15, 0.2) is 0 Å². The second kappa shape index (κ2) is 7.49. The number of allylic oxidation sites excluding steroid dienone is 2. The summed E-state index contributed by atoms with van der Waals surface area (Å²) in [5.74, 6) is 0.529. The summed E-state index contributed by atoms with van der Waals surface area (Å²) in [7, 11) is 1.20. The molecule has 0 saturated carbocycles. The van der Waals surface area contributed by atoms with E-state index >= 15 is 0 Å². The monoisotopic (exact) mass is 232 g/mol. The molecule has 94 valence electrons. The van der Waals surface area contributed by atoms with Crippen molar-refractivity contribution in [2.45, 2.75) is 39.9 Å². The van der Waals surface area contributed by atoms with Gasteiger partial charge in [-0.1, -0.05) is 38.7 Å². The maximum Gasteiger partial charge on any atom is 0.204 e. The molecule has 0 fully saturated rings. The molecule has 1 aliphatic rings. The lowest BCUT2D eigenvalue weighted by Gasteiger charge is -2.24. The van der Waals surface area contributed by atoms with Crippen molar-refractivity contribution in [2.24, 2.45) is 10.9 Å². The SMILES string of the molecule is C=C1/C=C(C)\N=C/C(C)CN(BCCC)CC1. The molecule has 1 unspecified atom stereocenters. The van der Waals surface area contributed by atoms with Gasteiger partial charge in [-0.25, -0.2) is 0 Å². The number of nitrogens with zero attached hydrogens (tertiary/aromatic N) is 2. The van der Waals surface area contributed by atoms with Crippen LogP contribution in [0, 0.1) is 5.92 Å². The molecule has 0 aromatic rings. The lowest BCUT2D eigenvalue weighted by molar-refractivity contribution is 0.418. The van der Waals surface area contributed by atoms with E-state index in [0.29, 0.717) is 5.92 Å². The molecule has 0 aliphatic carbocycles. The Morgan fingerprint density at radius 3 is 3.06 bits per heavy atom. The maximum atomic E-state index is 4.48. The average Bonchev–Trinajstić information content (AvgIpc) is 2.29. The van der Waals surface area contributed by atoms with Crippen LogP contribution in [0.3, 0.4) is 0 Å². The van der Waals surface area contributed by atoms with Crippen molar-refractivity contribution in [1.29, 1.82) is 0 Å². The van der Waals surface area contributed by atoms with Gasteiger partial charge < -0.3 is 4.81 Å². The van der Waals surface area contributed by atoms with E-state index < -0.39 is 0 Å². The van der Waals surface area contributed by atoms with E-state index in [4.69, 9.17) is 0 Å². The van der Waals surface area contributed by atoms with Gasteiger partial charge >= 0.3 is 0 Å². The van der Waals surface area contributed by atoms with Crippen molar-refractivity contribution in [1.82, 2.24) is 4.81 Å². The lowest BCUT2D eigenvalue weighted by Crippen LogP contribution is -2.33. The Kier molecular flexibility index (Phi) is 6.27. The normalized spacial score (nSPS) is 28.3. The molecule has 1 aliphatic heterocycles. The predicted molar refractivity (Wildman–Crippen MR) is 79.0 cm³/mol. The third-order valence-corrected chi connectivity index (χ3v) is 3.07. The van der Waals surface area contributed by atoms with Gasteiger partial charge in [-0.05, 0) is 32.5 Å². The molecule has 3 heteroatoms. The Morgan fingerprint density at radius 2 is 2.35 bits per heavy atom. The number of hydrogen-bond acceptors (Lipinski definition) is 2. The highest BCUT2D eigenvalue weighted by molar-refractivity contribution is 6.31. The van der Waals surface area contributed by atoms with Gasteiger partial charge in [-0.3, -0.25) is 4.99 Å². The Bertz CT molecular complexity index is 307. The van der Waals surface area contributed by atoms with E-state index in [-0.39, 0.29) is 0 Å². The van der Waals surface area contributed by atoms with Gasteiger partial charge in [0.1, 0.15) is 0 Å². The van der Waals surface area contributed by atoms with Crippen LogP contribution >= 0.6 is 0 Å². The molecular formula is C14H25BN2. The van der Waals surface area contributed by atoms with Crippen molar-refractivity contribution >= 4 is 13.6 Å². The highest BCUT2D eigenvalue weighted by Gasteiger charge is 2.10. The van der Waals surface area contributed by atoms with Crippen molar-refractivity contribution in [3.63, 3.8) is 0 Å². The molecule has 0 aromatic carbocycles. The molecule has 17 heavy (non-hydrogen) atoms. The fourth-order valence-electron chi connectivity index (χ4n) is 2.08. The van der Waals surface area contributed by atoms with Crippen LogP contribution in [-0.4, -0.2) is 31.5 Å². The van der Waals surface area contributed by atoms with Crippen LogP contribution in [-0.2, 0) is 0 Å². The predicted octanol–water partition coefficient (Wildman–Crippen LogP) is 3.04. The van der Waals surface area contributed by atoms with Crippen molar-refractivity contribution < 1.29 is 0 Å². The van der Waals surface area contributed by atoms with E-state index in [1.54, 1.807) is 0 Å². The summed E-state index contributed by atoms with van der Waals surface area (Å²) in [6, 6.07) is 0. The van der Waals surface area contributed by atoms with Crippen molar-refractivity contribution in [2.75, 3.05) is 13.1 Å². The minimum absolute atomic E-state index is 0.529. The van der Waals surface area contributed by atoms with Crippen LogP contribution < -0.4 is 0 Å². The molecule has 0 bridgehead atoms. The first-order valence-corrected chi connectivity index (χ1v) is 6.74. The molecule has 0 spiro atoms. The van der Waals surface area contributed by atoms with Gasteiger partial charge in [-0.15, -0.1) is 0 Å². The zero-order chi connectivity index (χ0) is 12.7. The molecule has 0 radical (unpaired) electrons. The van der Waals surface area contributed by atoms with E-state index in [1.165, 1.54) is 25.7 Å². The van der Waals surface area contributed by atoms with Crippen LogP contribution in [0.1, 0.15) is 33.6 Å². The molecule has 0 N–H and O–H groups in total. The average molecular weight is 232 g/mol. The summed E-state index contributed by atoms with van der Waals surface area (Å²) in [5, 5.41) is 0. The third kappa shape index (κ3) is 5.87. The quantitative estimate of drug-likeness (QED) is 0.683. The van der Waals surface area contributed by atoms with Crippen LogP contribution in [0.2, 0.25) is 6.32 Å². The zero-order valence-corrected chi connectivity index (χ0v) is 11.6. The Hall–Kier alpha value is -0.825. The first-order valence-electron chi connectivity index (χ1n) is 6.74. The zero-order valence-electron chi connectivity index (χ0n) is 11.6. The molecule has 1 rings (SSSR count). The Balaban J connectivity index is 2.64. The van der Waals surface area contributed by atoms with Gasteiger partial charge in [-0.2, -0.15) is 0 Å². The van der Waals surface area contributed by atoms with Crippen molar-refractivity contribution in [3.05, 3.63) is 23.9 Å². The fraction of sp³-hybridized carbons (Fsp3) is 0.643. The molecule has 1 heterocycles. The summed E-state index contributed by atoms with van der Waals surface area (Å²) in [4.78, 5) is 7.02. The van der Waals surface area contributed by atoms with E-state index in [0.717, 1.165) is 25.2 Å². The first-order chi connectivity index (χ1) is 8.11. The van der Waals surface area contributed by atoms with Gasteiger partial charge in [0.2, 0.25) is 7.41 Å². The standard InChI is InChI=1S/C14H25BN2/c1-5-7-15-17-8-6-12(2)9-14(4)16-10-13(3)11-17/h9-10,13,15H,2,5-8,11H2,1,3-4H3/b14-9-,16-10-. The molecule has 2 nitrogen and oxygen atoms in total. The van der Waals surface area contributed by atoms with Crippen LogP contribution in [0.4, 0.5) is 0 Å². The molecule has 0 aromatic heterocycles. The minimum Gasteiger partial charge on any atom is -0.344 e. The van der Waals surface area contributed by atoms with E-state index in [1.807, 2.05) is 6.92 Å². The topological polar surface area (TPSA) is 15.6 Å². The second-order valence-electron chi connectivity index (χ2n) is 5.10. The highest BCUT2D eigenvalue weighted by atomic mass is 15.0. The third-order valence-electron chi connectivity index (χ3n) is 3.07. The van der Waals surface area contributed by atoms with Crippen LogP contribution in [0.5, 0.6) is 0 Å². The summed E-state index contributed by atoms with van der Waals surface area (Å²) in [6.07, 6.45) is 7.78. The van der Waals surface area contributed by atoms with Crippen LogP contribution in [0.15, 0.2) is 28.9 Å². The molecule has 0 saturated heterocycles. The number of hydrogen-bond donors (Lipinski definition) is 0. The van der Waals surface area contributed by atoms with Gasteiger partial charge in [0.25, 0.3) is 0 Å². The largest absolute Gasteiger partial charge is 0.344 e. The highest BCUT2D eigenvalue weighted by Crippen LogP contribution is 2.11. The maximum absolute atomic E-state index is 4.48. The van der Waals surface area contributed by atoms with E-state index in [2.05, 4.69) is 42.5 Å². The minimum atomic E-state index is 0.529. The van der Waals surface area contributed by atoms with Crippen molar-refractivity contribution in [3.8, 4) is 0 Å². The smallest absolute Gasteiger partial charge is 0.204 e. The summed E-state index contributed by atoms with van der Waals surface area (Å²) >= 11 is 0. The van der Waals surface area contributed by atoms with Gasteiger partial charge in [0, 0.05) is 17.8 Å². The number of rotatable bonds is 3. The van der Waals surface area contributed by atoms with Gasteiger partial charge in [0.05, 0.1) is 0 Å². The summed E-state index contributed by atoms with van der Waals surface area (Å²) < 4.78 is 0. The first kappa shape index (κ1) is 14.2. The molecular weight excluding hydrogens is 207 g/mol. The lowest BCUT2D eigenvalue weighted by atomic mass is 9.83. The molecule has 0 amide bonds. The fourth-order valence-corrected chi connectivity index (χ4v) is 2.08. The number of aliphatic imine (C=N–C) groups is 1. The molecule has 1 atom stereocenters.